The van der Waals surface area contributed by atoms with Crippen LogP contribution in [-0.2, 0) is 40.1 Å². The molecule has 121 heavy (non-hydrogen) atoms. The van der Waals surface area contributed by atoms with Gasteiger partial charge in [-0.15, -0.1) is 0 Å². The van der Waals surface area contributed by atoms with E-state index in [0.717, 1.165) is 12.1 Å². The standard InChI is InChI=1S/C17H24N6O3S.2C10H15ClN4O.2C7H8N2O4S.C7H10N2O2S.8C2H6.CH5N.4B/c1-17(2,3)23-15(24)13-10-20-16(22-14(13)18-4)21-11-7-6-8-12(9-11)27(25,26)19-5;2*1-10(2,3)15-8(16)6-5-13-9(11)14-7(6)12-4;2*1-8-14(12,13)7-4-2-3-6(5-7)9(10)11;1-9-12(10,11)7-4-2-3-6(8)5-7;9*1-2;;;;/h6-10,19H,1-5H3,(H,23,24)(H2,18,20,21,22);2*5H,1-4H3,(H,15,16)(H,12,13,14);2*2-5,8H,1H3;2-5,9H,8H2,1H3;8*1-2H3;2H2,1H3;;;;. The van der Waals surface area contributed by atoms with E-state index in [1.165, 1.54) is 114 Å². The normalized spacial score (nSPS) is 9.72. The summed E-state index contributed by atoms with van der Waals surface area (Å²) in [7, 11) is -2.43. The van der Waals surface area contributed by atoms with Gasteiger partial charge in [0, 0.05) is 126 Å². The molecule has 3 amide bonds. The number of nitrogens with two attached hydrogens (primary N) is 2. The topological polar surface area (TPSA) is 536 Å². The van der Waals surface area contributed by atoms with Gasteiger partial charge in [0.05, 0.1) is 29.4 Å². The van der Waals surface area contributed by atoms with Crippen molar-refractivity contribution in [2.75, 3.05) is 83.4 Å². The van der Waals surface area contributed by atoms with E-state index in [0.29, 0.717) is 45.5 Å². The number of halogens is 2. The molecule has 3 aromatic heterocycles. The van der Waals surface area contributed by atoms with Crippen molar-refractivity contribution in [3.8, 4) is 0 Å². The van der Waals surface area contributed by atoms with Crippen LogP contribution in [0.1, 0.15) is 204 Å². The molecule has 0 saturated heterocycles. The highest BCUT2D eigenvalue weighted by Crippen LogP contribution is 2.23. The Labute approximate surface area is 740 Å². The molecule has 0 aliphatic rings. The highest BCUT2D eigenvalue weighted by atomic mass is 35.5. The van der Waals surface area contributed by atoms with E-state index in [9.17, 15) is 68.3 Å². The number of carbonyl (C=O) groups is 3. The molecule has 7 aromatic rings. The number of sulfonamides is 4. The quantitative estimate of drug-likeness (QED) is 0.0125. The molecule has 12 radical (unpaired) electrons. The van der Waals surface area contributed by atoms with Crippen LogP contribution >= 0.6 is 23.2 Å². The third-order valence-corrected chi connectivity index (χ3v) is 17.6. The van der Waals surface area contributed by atoms with Crippen molar-refractivity contribution in [3.05, 3.63) is 163 Å². The van der Waals surface area contributed by atoms with Crippen molar-refractivity contribution in [2.24, 2.45) is 5.73 Å². The second-order valence-electron chi connectivity index (χ2n) is 22.7. The lowest BCUT2D eigenvalue weighted by Gasteiger charge is -2.21. The van der Waals surface area contributed by atoms with E-state index >= 15 is 0 Å². The van der Waals surface area contributed by atoms with E-state index in [-0.39, 0.29) is 110 Å². The smallest absolute Gasteiger partial charge is 0.270 e. The van der Waals surface area contributed by atoms with Crippen LogP contribution in [0.4, 0.5) is 46.2 Å². The molecule has 0 atom stereocenters. The lowest BCUT2D eigenvalue weighted by molar-refractivity contribution is -0.385. The molecule has 0 spiro atoms. The number of hydrogen-bond acceptors (Lipinski definition) is 27. The Kier molecular flexibility index (Phi) is 83.7. The molecule has 7 rings (SSSR count). The summed E-state index contributed by atoms with van der Waals surface area (Å²) >= 11 is 11.3. The van der Waals surface area contributed by atoms with Gasteiger partial charge in [-0.25, -0.2) is 67.5 Å². The molecular weight excluding hydrogens is 1680 g/mol. The number of rotatable bonds is 18. The predicted octanol–water partition coefficient (Wildman–Crippen LogP) is 12.5. The molecule has 0 aliphatic carbocycles. The number of hydrogen-bond donors (Lipinski definition) is 13. The number of amides is 3. The first-order chi connectivity index (χ1) is 54.7. The van der Waals surface area contributed by atoms with E-state index < -0.39 is 55.5 Å². The molecular formula is C75H133B4Cl2N21O15S4. The second-order valence-corrected chi connectivity index (χ2v) is 30.9. The summed E-state index contributed by atoms with van der Waals surface area (Å²) in [4.78, 5) is 79.5. The van der Waals surface area contributed by atoms with Crippen molar-refractivity contribution in [3.63, 3.8) is 0 Å². The fourth-order valence-corrected chi connectivity index (χ4v) is 10.4. The van der Waals surface area contributed by atoms with Crippen molar-refractivity contribution in [2.45, 2.75) is 209 Å². The molecule has 3 heterocycles. The number of nitrogen functional groups attached to an aromatic ring is 1. The van der Waals surface area contributed by atoms with Crippen LogP contribution in [-0.4, -0.2) is 198 Å². The average molecular weight is 1810 g/mol. The Morgan fingerprint density at radius 3 is 0.868 bits per heavy atom. The minimum atomic E-state index is -3.61. The SMILES string of the molecule is CC.CC.CC.CC.CC.CC.CC.CC.CN.CNS(=O)(=O)c1cccc(N)c1.CNS(=O)(=O)c1cccc([N+](=O)[O-])c1.CNS(=O)(=O)c1cccc([N+](=O)[O-])c1.CNc1nc(Cl)ncc1C(=O)NC(C)(C)C.CNc1nc(Cl)ncc1C(=O)NC(C)(C)C.CNc1nc(Nc2cccc(S(=O)(=O)NC)c2)ncc1C(=O)NC(C)(C)C.[B].[B].[B].[B]. The maximum absolute atomic E-state index is 12.4. The van der Waals surface area contributed by atoms with Crippen molar-refractivity contribution >= 4 is 161 Å². The number of anilines is 6. The van der Waals surface area contributed by atoms with E-state index in [4.69, 9.17) is 28.9 Å². The van der Waals surface area contributed by atoms with Crippen molar-refractivity contribution < 1.29 is 57.9 Å². The first-order valence-corrected chi connectivity index (χ1v) is 43.9. The van der Waals surface area contributed by atoms with Gasteiger partial charge in [-0.3, -0.25) is 34.6 Å². The summed E-state index contributed by atoms with van der Waals surface area (Å²) in [6, 6.07) is 22.1. The van der Waals surface area contributed by atoms with Crippen LogP contribution in [0.2, 0.25) is 10.6 Å². The molecule has 678 valence electrons. The number of non-ortho nitro benzene ring substituents is 2. The van der Waals surface area contributed by atoms with Crippen LogP contribution in [0.25, 0.3) is 0 Å². The molecule has 0 unspecified atom stereocenters. The maximum atomic E-state index is 12.4. The lowest BCUT2D eigenvalue weighted by atomic mass is 10.1. The fraction of sp³-hybridized carbons (Fsp3) is 0.480. The maximum Gasteiger partial charge on any atom is 0.270 e. The number of benzene rings is 4. The van der Waals surface area contributed by atoms with E-state index in [1.807, 2.05) is 173 Å². The number of nitro benzene ring substituents is 2. The summed E-state index contributed by atoms with van der Waals surface area (Å²) in [5, 5.41) is 40.9. The molecule has 0 saturated carbocycles. The Bertz CT molecular complexity index is 4320. The van der Waals surface area contributed by atoms with Gasteiger partial charge in [-0.05, 0) is 169 Å². The van der Waals surface area contributed by atoms with Crippen molar-refractivity contribution in [1.29, 1.82) is 0 Å². The van der Waals surface area contributed by atoms with Crippen LogP contribution in [0, 0.1) is 20.2 Å². The zero-order valence-electron chi connectivity index (χ0n) is 76.5. The monoisotopic (exact) mass is 1810 g/mol. The Hall–Kier alpha value is -9.23. The van der Waals surface area contributed by atoms with Gasteiger partial charge in [-0.1, -0.05) is 135 Å². The average Bonchev–Trinajstić information content (AvgIpc) is 0.858. The van der Waals surface area contributed by atoms with Gasteiger partial charge < -0.3 is 48.7 Å². The zero-order valence-corrected chi connectivity index (χ0v) is 81.3. The summed E-state index contributed by atoms with van der Waals surface area (Å²) in [6.45, 7) is 49.1. The van der Waals surface area contributed by atoms with Gasteiger partial charge in [0.2, 0.25) is 56.6 Å². The predicted molar refractivity (Wildman–Crippen MR) is 502 cm³/mol. The minimum Gasteiger partial charge on any atom is -0.399 e. The second kappa shape index (κ2) is 73.5. The Morgan fingerprint density at radius 2 is 0.620 bits per heavy atom. The number of aromatic nitrogens is 6. The zero-order chi connectivity index (χ0) is 93.7. The van der Waals surface area contributed by atoms with Gasteiger partial charge in [0.15, 0.2) is 0 Å². The van der Waals surface area contributed by atoms with Crippen LogP contribution in [0.3, 0.4) is 0 Å². The van der Waals surface area contributed by atoms with Crippen LogP contribution < -0.4 is 67.6 Å². The summed E-state index contributed by atoms with van der Waals surface area (Å²) in [5.41, 5.74) is 10.4. The highest BCUT2D eigenvalue weighted by Gasteiger charge is 2.24. The fourth-order valence-electron chi connectivity index (χ4n) is 7.01. The number of carbonyl (C=O) groups excluding carboxylic acids is 3. The first-order valence-electron chi connectivity index (χ1n) is 37.2. The molecule has 15 N–H and O–H groups in total. The summed E-state index contributed by atoms with van der Waals surface area (Å²) < 4.78 is 99.8. The molecule has 0 fully saturated rings. The molecule has 4 aromatic carbocycles. The minimum absolute atomic E-state index is 0. The third-order valence-electron chi connectivity index (χ3n) is 11.5. The Balaban J connectivity index is -0.000000114. The molecule has 0 bridgehead atoms. The molecule has 36 nitrogen and oxygen atoms in total. The molecule has 0 aliphatic heterocycles. The number of nitro groups is 2. The van der Waals surface area contributed by atoms with E-state index in [1.54, 1.807) is 45.4 Å². The largest absolute Gasteiger partial charge is 0.399 e. The van der Waals surface area contributed by atoms with Gasteiger partial charge >= 0.3 is 0 Å². The first kappa shape index (κ1) is 138. The van der Waals surface area contributed by atoms with Crippen molar-refractivity contribution in [1.82, 2.24) is 64.7 Å². The van der Waals surface area contributed by atoms with Crippen LogP contribution in [0.15, 0.2) is 135 Å². The Morgan fingerprint density at radius 1 is 0.380 bits per heavy atom. The third kappa shape index (κ3) is 57.7. The summed E-state index contributed by atoms with van der Waals surface area (Å²) in [6.07, 6.45) is 4.22. The number of nitrogens with zero attached hydrogens (tertiary/aromatic N) is 8. The van der Waals surface area contributed by atoms with Gasteiger partial charge in [-0.2, -0.15) is 15.0 Å². The van der Waals surface area contributed by atoms with Crippen LogP contribution in [0.5, 0.6) is 0 Å². The van der Waals surface area contributed by atoms with Gasteiger partial charge in [0.25, 0.3) is 29.1 Å². The van der Waals surface area contributed by atoms with Gasteiger partial charge in [0.1, 0.15) is 34.1 Å². The van der Waals surface area contributed by atoms with E-state index in [2.05, 4.69) is 91.7 Å². The number of nitrogens with one attached hydrogen (secondary N) is 11. The lowest BCUT2D eigenvalue weighted by Crippen LogP contribution is -2.41. The summed E-state index contributed by atoms with van der Waals surface area (Å²) in [5.74, 6) is 0.671. The highest BCUT2D eigenvalue weighted by molar-refractivity contribution is 7.90. The molecule has 46 heteroatoms.